The van der Waals surface area contributed by atoms with E-state index in [2.05, 4.69) is 5.32 Å². The van der Waals surface area contributed by atoms with Crippen LogP contribution in [-0.4, -0.2) is 30.1 Å². The van der Waals surface area contributed by atoms with Crippen molar-refractivity contribution < 1.29 is 18.0 Å². The average Bonchev–Trinajstić information content (AvgIpc) is 2.58. The highest BCUT2D eigenvalue weighted by atomic mass is 35.5. The Hall–Kier alpha value is -1.27. The molecule has 1 aromatic rings. The van der Waals surface area contributed by atoms with Crippen LogP contribution in [0, 0.1) is 0 Å². The number of nitrogens with one attached hydrogen (secondary N) is 1. The minimum absolute atomic E-state index is 0.104. The van der Waals surface area contributed by atoms with Crippen LogP contribution in [0.25, 0.3) is 0 Å². The number of hydrogen-bond acceptors (Lipinski definition) is 2. The van der Waals surface area contributed by atoms with Crippen molar-refractivity contribution in [3.63, 3.8) is 0 Å². The summed E-state index contributed by atoms with van der Waals surface area (Å²) in [5.41, 5.74) is 0.539. The van der Waals surface area contributed by atoms with Gasteiger partial charge in [0.2, 0.25) is 5.91 Å². The highest BCUT2D eigenvalue weighted by Gasteiger charge is 2.40. The first-order valence-electron chi connectivity index (χ1n) is 5.22. The Kier molecular flexibility index (Phi) is 3.49. The van der Waals surface area contributed by atoms with Crippen LogP contribution in [0.5, 0.6) is 0 Å². The summed E-state index contributed by atoms with van der Waals surface area (Å²) in [7, 11) is 0. The zero-order valence-electron chi connectivity index (χ0n) is 9.17. The van der Waals surface area contributed by atoms with Crippen molar-refractivity contribution in [2.75, 3.05) is 13.1 Å². The summed E-state index contributed by atoms with van der Waals surface area (Å²) < 4.78 is 37.2. The van der Waals surface area contributed by atoms with E-state index in [1.54, 1.807) is 24.3 Å². The van der Waals surface area contributed by atoms with Gasteiger partial charge in [-0.1, -0.05) is 23.7 Å². The fourth-order valence-corrected chi connectivity index (χ4v) is 2.09. The van der Waals surface area contributed by atoms with Crippen molar-refractivity contribution in [2.24, 2.45) is 0 Å². The van der Waals surface area contributed by atoms with Crippen molar-refractivity contribution >= 4 is 17.5 Å². The number of alkyl halides is 3. The predicted molar refractivity (Wildman–Crippen MR) is 60.0 cm³/mol. The van der Waals surface area contributed by atoms with E-state index in [0.717, 1.165) is 4.90 Å². The van der Waals surface area contributed by atoms with Gasteiger partial charge in [-0.25, -0.2) is 0 Å². The zero-order chi connectivity index (χ0) is 13.3. The molecule has 1 amide bonds. The topological polar surface area (TPSA) is 32.3 Å². The molecule has 1 aliphatic rings. The molecule has 1 N–H and O–H groups in total. The second kappa shape index (κ2) is 4.78. The van der Waals surface area contributed by atoms with Crippen LogP contribution in [0.3, 0.4) is 0 Å². The maximum Gasteiger partial charge on any atom is 0.406 e. The molecule has 0 spiro atoms. The smallest absolute Gasteiger partial charge is 0.313 e. The molecule has 98 valence electrons. The third-order valence-electron chi connectivity index (χ3n) is 2.59. The maximum absolute atomic E-state index is 12.4. The molecule has 1 heterocycles. The number of halogens is 4. The number of benzene rings is 1. The molecule has 18 heavy (non-hydrogen) atoms. The fraction of sp³-hybridized carbons (Fsp3) is 0.364. The van der Waals surface area contributed by atoms with Crippen LogP contribution >= 0.6 is 11.6 Å². The summed E-state index contributed by atoms with van der Waals surface area (Å²) in [4.78, 5) is 12.2. The molecule has 0 bridgehead atoms. The van der Waals surface area contributed by atoms with Gasteiger partial charge in [-0.2, -0.15) is 13.2 Å². The van der Waals surface area contributed by atoms with E-state index in [9.17, 15) is 18.0 Å². The molecule has 1 aromatic carbocycles. The molecule has 1 fully saturated rings. The van der Waals surface area contributed by atoms with Gasteiger partial charge >= 0.3 is 6.18 Å². The van der Waals surface area contributed by atoms with Gasteiger partial charge in [0.05, 0.1) is 6.54 Å². The highest BCUT2D eigenvalue weighted by molar-refractivity contribution is 6.30. The Morgan fingerprint density at radius 1 is 1.44 bits per heavy atom. The predicted octanol–water partition coefficient (Wildman–Crippen LogP) is 2.33. The first-order chi connectivity index (χ1) is 8.37. The molecule has 2 rings (SSSR count). The molecular formula is C11H10ClF3N2O. The Balaban J connectivity index is 2.24. The van der Waals surface area contributed by atoms with Crippen molar-refractivity contribution in [2.45, 2.75) is 12.3 Å². The van der Waals surface area contributed by atoms with E-state index >= 15 is 0 Å². The summed E-state index contributed by atoms with van der Waals surface area (Å²) in [6.07, 6.45) is -5.20. The molecule has 1 saturated heterocycles. The SMILES string of the molecule is O=C1CNC(c2cccc(Cl)c2)N1CC(F)(F)F. The van der Waals surface area contributed by atoms with Crippen LogP contribution in [0.4, 0.5) is 13.2 Å². The van der Waals surface area contributed by atoms with Gasteiger partial charge in [0.1, 0.15) is 12.7 Å². The quantitative estimate of drug-likeness (QED) is 0.900. The molecule has 7 heteroatoms. The summed E-state index contributed by atoms with van der Waals surface area (Å²) in [5, 5.41) is 3.16. The number of hydrogen-bond donors (Lipinski definition) is 1. The molecular weight excluding hydrogens is 269 g/mol. The second-order valence-corrected chi connectivity index (χ2v) is 4.41. The molecule has 3 nitrogen and oxygen atoms in total. The Bertz CT molecular complexity index is 464. The van der Waals surface area contributed by atoms with Gasteiger partial charge in [-0.05, 0) is 17.7 Å². The standard InChI is InChI=1S/C11H10ClF3N2O/c12-8-3-1-2-7(4-8)10-16-5-9(18)17(10)6-11(13,14)15/h1-4,10,16H,5-6H2. The summed E-state index contributed by atoms with van der Waals surface area (Å²) >= 11 is 5.79. The number of carbonyl (C=O) groups is 1. The molecule has 1 unspecified atom stereocenters. The van der Waals surface area contributed by atoms with Gasteiger partial charge in [0, 0.05) is 5.02 Å². The Morgan fingerprint density at radius 3 is 2.78 bits per heavy atom. The lowest BCUT2D eigenvalue weighted by atomic mass is 10.1. The summed E-state index contributed by atoms with van der Waals surface area (Å²) in [6.45, 7) is -1.37. The van der Waals surface area contributed by atoms with Gasteiger partial charge in [0.15, 0.2) is 0 Å². The number of amides is 1. The van der Waals surface area contributed by atoms with Crippen molar-refractivity contribution in [3.05, 3.63) is 34.9 Å². The van der Waals surface area contributed by atoms with Gasteiger partial charge in [-0.3, -0.25) is 10.1 Å². The van der Waals surface area contributed by atoms with Crippen molar-refractivity contribution in [1.82, 2.24) is 10.2 Å². The Morgan fingerprint density at radius 2 is 2.17 bits per heavy atom. The molecule has 1 aliphatic heterocycles. The van der Waals surface area contributed by atoms with Crippen molar-refractivity contribution in [1.29, 1.82) is 0 Å². The number of nitrogens with zero attached hydrogens (tertiary/aromatic N) is 1. The molecule has 0 saturated carbocycles. The lowest BCUT2D eigenvalue weighted by Crippen LogP contribution is -2.38. The number of rotatable bonds is 2. The number of carbonyl (C=O) groups excluding carboxylic acids is 1. The first kappa shape index (κ1) is 13.2. The molecule has 0 aliphatic carbocycles. The summed E-state index contributed by atoms with van der Waals surface area (Å²) in [5.74, 6) is -0.572. The van der Waals surface area contributed by atoms with Crippen LogP contribution in [0.1, 0.15) is 11.7 Å². The fourth-order valence-electron chi connectivity index (χ4n) is 1.89. The van der Waals surface area contributed by atoms with E-state index in [0.29, 0.717) is 10.6 Å². The van der Waals surface area contributed by atoms with Crippen LogP contribution in [-0.2, 0) is 4.79 Å². The Labute approximate surface area is 107 Å². The third kappa shape index (κ3) is 2.94. The maximum atomic E-state index is 12.4. The van der Waals surface area contributed by atoms with Crippen LogP contribution in [0.15, 0.2) is 24.3 Å². The lowest BCUT2D eigenvalue weighted by molar-refractivity contribution is -0.161. The third-order valence-corrected chi connectivity index (χ3v) is 2.83. The molecule has 0 aromatic heterocycles. The lowest BCUT2D eigenvalue weighted by Gasteiger charge is -2.25. The molecule has 0 radical (unpaired) electrons. The van der Waals surface area contributed by atoms with E-state index in [1.165, 1.54) is 0 Å². The highest BCUT2D eigenvalue weighted by Crippen LogP contribution is 2.28. The van der Waals surface area contributed by atoms with E-state index in [-0.39, 0.29) is 6.54 Å². The van der Waals surface area contributed by atoms with E-state index < -0.39 is 24.8 Å². The normalized spacial score (nSPS) is 20.6. The van der Waals surface area contributed by atoms with Crippen LogP contribution in [0.2, 0.25) is 5.02 Å². The van der Waals surface area contributed by atoms with Gasteiger partial charge < -0.3 is 4.90 Å². The summed E-state index contributed by atoms with van der Waals surface area (Å²) in [6, 6.07) is 6.43. The van der Waals surface area contributed by atoms with E-state index in [1.807, 2.05) is 0 Å². The monoisotopic (exact) mass is 278 g/mol. The first-order valence-corrected chi connectivity index (χ1v) is 5.60. The van der Waals surface area contributed by atoms with E-state index in [4.69, 9.17) is 11.6 Å². The molecule has 1 atom stereocenters. The average molecular weight is 279 g/mol. The van der Waals surface area contributed by atoms with Crippen LogP contribution < -0.4 is 5.32 Å². The second-order valence-electron chi connectivity index (χ2n) is 3.98. The van der Waals surface area contributed by atoms with Crippen molar-refractivity contribution in [3.8, 4) is 0 Å². The minimum atomic E-state index is -4.42. The van der Waals surface area contributed by atoms with Gasteiger partial charge in [-0.15, -0.1) is 0 Å². The minimum Gasteiger partial charge on any atom is -0.313 e. The largest absolute Gasteiger partial charge is 0.406 e. The van der Waals surface area contributed by atoms with Gasteiger partial charge in [0.25, 0.3) is 0 Å². The zero-order valence-corrected chi connectivity index (χ0v) is 9.92.